The molecule has 68 valence electrons. The first-order valence-corrected chi connectivity index (χ1v) is 3.58. The van der Waals surface area contributed by atoms with Crippen LogP contribution in [0.25, 0.3) is 10.8 Å². The van der Waals surface area contributed by atoms with Gasteiger partial charge in [-0.3, -0.25) is 4.70 Å². The molecule has 2 aromatic rings. The lowest BCUT2D eigenvalue weighted by Gasteiger charge is -1.89. The van der Waals surface area contributed by atoms with E-state index in [4.69, 9.17) is 5.11 Å². The van der Waals surface area contributed by atoms with Crippen molar-refractivity contribution in [1.29, 1.82) is 0 Å². The number of carboxylic acids is 1. The zero-order valence-electron chi connectivity index (χ0n) is 6.65. The minimum atomic E-state index is -0.920. The fraction of sp³-hybridized carbons (Fsp3) is 0. The van der Waals surface area contributed by atoms with Crippen LogP contribution in [-0.2, 0) is 0 Å². The van der Waals surface area contributed by atoms with Gasteiger partial charge in [0.15, 0.2) is 0 Å². The van der Waals surface area contributed by atoms with E-state index in [-0.39, 0.29) is 10.4 Å². The number of fused-ring (bicyclic) bond motifs is 1. The minimum Gasteiger partial charge on any atom is -0.477 e. The molecule has 1 heterocycles. The summed E-state index contributed by atoms with van der Waals surface area (Å²) in [7, 11) is 0. The minimum absolute atomic E-state index is 0. The van der Waals surface area contributed by atoms with Gasteiger partial charge in [0.2, 0.25) is 0 Å². The first kappa shape index (κ1) is 9.25. The number of halogens is 1. The highest BCUT2D eigenvalue weighted by molar-refractivity contribution is 6.02. The molecule has 0 saturated carbocycles. The molecule has 0 bridgehead atoms. The molecule has 0 radical (unpaired) electrons. The zero-order valence-corrected chi connectivity index (χ0v) is 6.65. The number of aromatic amines is 1. The van der Waals surface area contributed by atoms with Crippen LogP contribution in [0, 0.1) is 0 Å². The largest absolute Gasteiger partial charge is 0.477 e. The van der Waals surface area contributed by atoms with Gasteiger partial charge < -0.3 is 10.1 Å². The number of nitrogens with one attached hydrogen (secondary N) is 1. The van der Waals surface area contributed by atoms with Crippen molar-refractivity contribution in [3.63, 3.8) is 0 Å². The number of H-pyrrole nitrogens is 1. The van der Waals surface area contributed by atoms with E-state index < -0.39 is 5.97 Å². The van der Waals surface area contributed by atoms with Gasteiger partial charge in [-0.25, -0.2) is 4.79 Å². The molecule has 4 heteroatoms. The van der Waals surface area contributed by atoms with E-state index in [0.717, 1.165) is 10.8 Å². The second kappa shape index (κ2) is 3.26. The lowest BCUT2D eigenvalue weighted by atomic mass is 10.2. The van der Waals surface area contributed by atoms with Crippen LogP contribution in [0.5, 0.6) is 0 Å². The summed E-state index contributed by atoms with van der Waals surface area (Å²) in [6, 6.07) is 7.36. The van der Waals surface area contributed by atoms with E-state index in [2.05, 4.69) is 4.98 Å². The molecule has 0 spiro atoms. The van der Waals surface area contributed by atoms with Crippen LogP contribution < -0.4 is 0 Å². The number of hydrogen-bond acceptors (Lipinski definition) is 1. The summed E-state index contributed by atoms with van der Waals surface area (Å²) in [6.07, 6.45) is 1.69. The molecule has 3 nitrogen and oxygen atoms in total. The molecular formula is C9H8FNO2. The number of aromatic carboxylic acids is 1. The topological polar surface area (TPSA) is 53.1 Å². The average Bonchev–Trinajstić information content (AvgIpc) is 2.47. The molecule has 0 aliphatic rings. The normalized spacial score (nSPS) is 9.54. The third-order valence-corrected chi connectivity index (χ3v) is 1.82. The molecule has 2 rings (SSSR count). The highest BCUT2D eigenvalue weighted by Crippen LogP contribution is 2.16. The smallest absolute Gasteiger partial charge is 0.352 e. The van der Waals surface area contributed by atoms with Gasteiger partial charge in [0.25, 0.3) is 0 Å². The van der Waals surface area contributed by atoms with Crippen molar-refractivity contribution >= 4 is 16.7 Å². The summed E-state index contributed by atoms with van der Waals surface area (Å²) < 4.78 is 0. The van der Waals surface area contributed by atoms with Crippen molar-refractivity contribution in [2.45, 2.75) is 0 Å². The van der Waals surface area contributed by atoms with E-state index >= 15 is 0 Å². The average molecular weight is 181 g/mol. The molecule has 1 aromatic heterocycles. The van der Waals surface area contributed by atoms with Crippen LogP contribution >= 0.6 is 0 Å². The van der Waals surface area contributed by atoms with Crippen LogP contribution in [-0.4, -0.2) is 16.1 Å². The van der Waals surface area contributed by atoms with Crippen LogP contribution in [0.2, 0.25) is 0 Å². The van der Waals surface area contributed by atoms with Gasteiger partial charge in [-0.15, -0.1) is 0 Å². The lowest BCUT2D eigenvalue weighted by Crippen LogP contribution is -1.95. The fourth-order valence-corrected chi connectivity index (χ4v) is 1.26. The Morgan fingerprint density at radius 2 is 2.00 bits per heavy atom. The predicted octanol–water partition coefficient (Wildman–Crippen LogP) is 2.02. The van der Waals surface area contributed by atoms with E-state index in [1.165, 1.54) is 0 Å². The van der Waals surface area contributed by atoms with Gasteiger partial charge in [0.1, 0.15) is 5.69 Å². The van der Waals surface area contributed by atoms with Gasteiger partial charge in [0, 0.05) is 17.0 Å². The Labute approximate surface area is 73.4 Å². The van der Waals surface area contributed by atoms with E-state index in [0.29, 0.717) is 0 Å². The molecule has 0 unspecified atom stereocenters. The molecule has 1 aromatic carbocycles. The molecule has 0 amide bonds. The molecule has 0 fully saturated rings. The van der Waals surface area contributed by atoms with Gasteiger partial charge in [-0.05, 0) is 0 Å². The highest BCUT2D eigenvalue weighted by Gasteiger charge is 2.08. The highest BCUT2D eigenvalue weighted by atomic mass is 19.0. The second-order valence-electron chi connectivity index (χ2n) is 2.56. The molecule has 13 heavy (non-hydrogen) atoms. The number of hydrogen-bond donors (Lipinski definition) is 2. The summed E-state index contributed by atoms with van der Waals surface area (Å²) in [6.45, 7) is 0. The molecule has 0 aliphatic heterocycles. The molecule has 0 aliphatic carbocycles. The number of carboxylic acid groups (broad SMARTS) is 1. The molecule has 2 N–H and O–H groups in total. The van der Waals surface area contributed by atoms with Gasteiger partial charge in [-0.1, -0.05) is 24.3 Å². The van der Waals surface area contributed by atoms with Crippen molar-refractivity contribution in [1.82, 2.24) is 4.98 Å². The SMILES string of the molecule is F.O=C(O)c1[nH]cc2ccccc12. The number of rotatable bonds is 1. The Hall–Kier alpha value is -1.84. The number of aromatic nitrogens is 1. The summed E-state index contributed by atoms with van der Waals surface area (Å²) in [4.78, 5) is 13.4. The van der Waals surface area contributed by atoms with Crippen LogP contribution in [0.4, 0.5) is 4.70 Å². The van der Waals surface area contributed by atoms with Crippen molar-refractivity contribution in [2.24, 2.45) is 0 Å². The second-order valence-corrected chi connectivity index (χ2v) is 2.56. The zero-order chi connectivity index (χ0) is 8.55. The van der Waals surface area contributed by atoms with Crippen LogP contribution in [0.3, 0.4) is 0 Å². The van der Waals surface area contributed by atoms with E-state index in [9.17, 15) is 4.79 Å². The Bertz CT molecular complexity index is 436. The molecular weight excluding hydrogens is 173 g/mol. The number of carbonyl (C=O) groups is 1. The van der Waals surface area contributed by atoms with E-state index in [1.54, 1.807) is 12.3 Å². The first-order chi connectivity index (χ1) is 5.79. The third kappa shape index (κ3) is 1.38. The first-order valence-electron chi connectivity index (χ1n) is 3.58. The molecule has 0 saturated heterocycles. The standard InChI is InChI=1S/C9H7NO2.FH/c11-9(12)8-7-4-2-1-3-6(7)5-10-8;/h1-5,10H,(H,11,12);1H. The quantitative estimate of drug-likeness (QED) is 0.707. The Morgan fingerprint density at radius 1 is 1.31 bits per heavy atom. The molecule has 0 atom stereocenters. The number of benzene rings is 1. The Morgan fingerprint density at radius 3 is 2.69 bits per heavy atom. The third-order valence-electron chi connectivity index (χ3n) is 1.82. The van der Waals surface area contributed by atoms with Crippen molar-refractivity contribution in [3.05, 3.63) is 36.2 Å². The summed E-state index contributed by atoms with van der Waals surface area (Å²) in [5.74, 6) is -0.920. The van der Waals surface area contributed by atoms with Gasteiger partial charge in [-0.2, -0.15) is 0 Å². The fourth-order valence-electron chi connectivity index (χ4n) is 1.26. The maximum Gasteiger partial charge on any atom is 0.352 e. The summed E-state index contributed by atoms with van der Waals surface area (Å²) in [5, 5.41) is 10.4. The predicted molar refractivity (Wildman–Crippen MR) is 47.8 cm³/mol. The van der Waals surface area contributed by atoms with E-state index in [1.807, 2.05) is 18.2 Å². The van der Waals surface area contributed by atoms with Crippen LogP contribution in [0.1, 0.15) is 10.5 Å². The van der Waals surface area contributed by atoms with Crippen molar-refractivity contribution in [3.8, 4) is 0 Å². The Kier molecular flexibility index (Phi) is 2.32. The summed E-state index contributed by atoms with van der Waals surface area (Å²) >= 11 is 0. The summed E-state index contributed by atoms with van der Waals surface area (Å²) in [5.41, 5.74) is 0.255. The monoisotopic (exact) mass is 181 g/mol. The maximum absolute atomic E-state index is 10.6. The van der Waals surface area contributed by atoms with Gasteiger partial charge in [0.05, 0.1) is 0 Å². The van der Waals surface area contributed by atoms with Crippen molar-refractivity contribution in [2.75, 3.05) is 0 Å². The van der Waals surface area contributed by atoms with Crippen molar-refractivity contribution < 1.29 is 14.6 Å². The maximum atomic E-state index is 10.6. The van der Waals surface area contributed by atoms with Gasteiger partial charge >= 0.3 is 5.97 Å². The Balaban J connectivity index is 0.000000845. The lowest BCUT2D eigenvalue weighted by molar-refractivity contribution is 0.0693. The van der Waals surface area contributed by atoms with Crippen LogP contribution in [0.15, 0.2) is 30.5 Å².